The minimum absolute atomic E-state index is 0.0197. The quantitative estimate of drug-likeness (QED) is 0.426. The van der Waals surface area contributed by atoms with E-state index >= 15 is 0 Å². The molecular formula is C30H31FN4O. The number of aromatic nitrogens is 2. The predicted octanol–water partition coefficient (Wildman–Crippen LogP) is 4.86. The highest BCUT2D eigenvalue weighted by Crippen LogP contribution is 2.35. The molecule has 0 saturated carbocycles. The summed E-state index contributed by atoms with van der Waals surface area (Å²) in [6.07, 6.45) is 4.08. The molecule has 0 radical (unpaired) electrons. The first-order valence-electron chi connectivity index (χ1n) is 12.8. The molecule has 6 heteroatoms. The van der Waals surface area contributed by atoms with Crippen molar-refractivity contribution >= 4 is 10.9 Å². The lowest BCUT2D eigenvalue weighted by Gasteiger charge is -2.34. The third kappa shape index (κ3) is 4.47. The number of likely N-dealkylation sites (tertiary alicyclic amines) is 1. The summed E-state index contributed by atoms with van der Waals surface area (Å²) >= 11 is 0. The van der Waals surface area contributed by atoms with Crippen molar-refractivity contribution in [3.8, 4) is 11.3 Å². The van der Waals surface area contributed by atoms with Gasteiger partial charge in [0.1, 0.15) is 5.82 Å². The first-order valence-corrected chi connectivity index (χ1v) is 12.8. The third-order valence-corrected chi connectivity index (χ3v) is 7.75. The first-order chi connectivity index (χ1) is 17.5. The fourth-order valence-electron chi connectivity index (χ4n) is 5.83. The highest BCUT2D eigenvalue weighted by Gasteiger charge is 2.31. The minimum atomic E-state index is -0.192. The zero-order valence-corrected chi connectivity index (χ0v) is 20.6. The number of pyridine rings is 2. The molecule has 0 spiro atoms. The largest absolute Gasteiger partial charge is 0.310 e. The fourth-order valence-corrected chi connectivity index (χ4v) is 5.83. The van der Waals surface area contributed by atoms with Crippen LogP contribution in [-0.2, 0) is 13.1 Å². The first kappa shape index (κ1) is 23.1. The molecule has 2 aliphatic heterocycles. The highest BCUT2D eigenvalue weighted by molar-refractivity contribution is 5.84. The Hall–Kier alpha value is -3.35. The Morgan fingerprint density at radius 3 is 2.67 bits per heavy atom. The molecule has 1 atom stereocenters. The molecule has 1 unspecified atom stereocenters. The summed E-state index contributed by atoms with van der Waals surface area (Å²) in [6, 6.07) is 19.8. The van der Waals surface area contributed by atoms with E-state index in [4.69, 9.17) is 0 Å². The van der Waals surface area contributed by atoms with Crippen LogP contribution >= 0.6 is 0 Å². The van der Waals surface area contributed by atoms with Crippen molar-refractivity contribution < 1.29 is 4.39 Å². The van der Waals surface area contributed by atoms with Gasteiger partial charge in [0.15, 0.2) is 0 Å². The van der Waals surface area contributed by atoms with Crippen LogP contribution in [0.2, 0.25) is 0 Å². The topological polar surface area (TPSA) is 50.2 Å². The predicted molar refractivity (Wildman–Crippen MR) is 142 cm³/mol. The van der Waals surface area contributed by atoms with Gasteiger partial charge in [-0.3, -0.25) is 9.78 Å². The summed E-state index contributed by atoms with van der Waals surface area (Å²) in [6.45, 7) is 6.20. The van der Waals surface area contributed by atoms with E-state index < -0.39 is 0 Å². The average Bonchev–Trinajstić information content (AvgIpc) is 3.29. The number of hydrogen-bond acceptors (Lipinski definition) is 4. The van der Waals surface area contributed by atoms with Crippen LogP contribution in [0, 0.1) is 12.7 Å². The van der Waals surface area contributed by atoms with Gasteiger partial charge in [0.2, 0.25) is 0 Å². The zero-order chi connectivity index (χ0) is 24.6. The van der Waals surface area contributed by atoms with Crippen molar-refractivity contribution in [1.82, 2.24) is 19.8 Å². The summed E-state index contributed by atoms with van der Waals surface area (Å²) in [4.78, 5) is 19.5. The number of nitrogens with zero attached hydrogens (tertiary/aromatic N) is 3. The van der Waals surface area contributed by atoms with Crippen LogP contribution in [0.5, 0.6) is 0 Å². The van der Waals surface area contributed by atoms with Gasteiger partial charge in [-0.25, -0.2) is 4.39 Å². The number of rotatable bonds is 6. The lowest BCUT2D eigenvalue weighted by Crippen LogP contribution is -2.43. The maximum Gasteiger partial charge on any atom is 0.251 e. The SMILES string of the molecule is Cc1cccc(-c2ccc(CNC3CCN(CC4Cn5c(=O)ccc6ccc(F)c4c65)CC3)cn2)c1. The molecule has 1 fully saturated rings. The number of aryl methyl sites for hydroxylation is 1. The minimum Gasteiger partial charge on any atom is -0.310 e. The van der Waals surface area contributed by atoms with Crippen molar-refractivity contribution in [2.45, 2.75) is 44.8 Å². The molecule has 2 aliphatic rings. The smallest absolute Gasteiger partial charge is 0.251 e. The van der Waals surface area contributed by atoms with Crippen LogP contribution in [-0.4, -0.2) is 40.1 Å². The van der Waals surface area contributed by atoms with Crippen LogP contribution in [0.1, 0.15) is 35.4 Å². The molecule has 2 aromatic carbocycles. The highest BCUT2D eigenvalue weighted by atomic mass is 19.1. The Balaban J connectivity index is 1.03. The molecule has 0 aliphatic carbocycles. The Labute approximate surface area is 210 Å². The molecule has 36 heavy (non-hydrogen) atoms. The number of piperidine rings is 1. The van der Waals surface area contributed by atoms with E-state index in [1.165, 1.54) is 11.1 Å². The Kier molecular flexibility index (Phi) is 6.15. The molecule has 5 nitrogen and oxygen atoms in total. The van der Waals surface area contributed by atoms with Crippen molar-refractivity contribution in [2.75, 3.05) is 19.6 Å². The van der Waals surface area contributed by atoms with Crippen LogP contribution in [0.15, 0.2) is 71.7 Å². The summed E-state index contributed by atoms with van der Waals surface area (Å²) < 4.78 is 16.6. The molecule has 0 amide bonds. The standard InChI is InChI=1S/C30H31FN4O/c1-20-3-2-4-23(15-20)27-9-5-21(17-33-27)16-32-25-11-13-34(14-12-25)18-24-19-35-28(36)10-7-22-6-8-26(31)29(24)30(22)35/h2-10,15,17,24-25,32H,11-14,16,18-19H2,1H3. The molecule has 2 aromatic heterocycles. The van der Waals surface area contributed by atoms with Gasteiger partial charge in [0.25, 0.3) is 5.56 Å². The molecule has 4 aromatic rings. The summed E-state index contributed by atoms with van der Waals surface area (Å²) in [5.41, 5.74) is 6.03. The number of halogens is 1. The summed E-state index contributed by atoms with van der Waals surface area (Å²) in [7, 11) is 0. The normalized spacial score (nSPS) is 18.2. The molecule has 1 saturated heterocycles. The number of hydrogen-bond donors (Lipinski definition) is 1. The van der Waals surface area contributed by atoms with Crippen LogP contribution < -0.4 is 10.9 Å². The van der Waals surface area contributed by atoms with Gasteiger partial charge in [-0.1, -0.05) is 29.8 Å². The monoisotopic (exact) mass is 482 g/mol. The van der Waals surface area contributed by atoms with Crippen molar-refractivity contribution in [3.63, 3.8) is 0 Å². The Morgan fingerprint density at radius 1 is 1.06 bits per heavy atom. The van der Waals surface area contributed by atoms with Gasteiger partial charge in [-0.2, -0.15) is 0 Å². The summed E-state index contributed by atoms with van der Waals surface area (Å²) in [5.74, 6) is -0.172. The van der Waals surface area contributed by atoms with Crippen LogP contribution in [0.3, 0.4) is 0 Å². The van der Waals surface area contributed by atoms with E-state index in [2.05, 4.69) is 58.5 Å². The Morgan fingerprint density at radius 2 is 1.89 bits per heavy atom. The van der Waals surface area contributed by atoms with E-state index in [9.17, 15) is 9.18 Å². The molecule has 6 rings (SSSR count). The lowest BCUT2D eigenvalue weighted by atomic mass is 9.97. The maximum absolute atomic E-state index is 14.8. The van der Waals surface area contributed by atoms with Crippen LogP contribution in [0.4, 0.5) is 4.39 Å². The van der Waals surface area contributed by atoms with E-state index in [0.717, 1.165) is 61.2 Å². The van der Waals surface area contributed by atoms with Crippen molar-refractivity contribution in [3.05, 3.63) is 99.7 Å². The third-order valence-electron chi connectivity index (χ3n) is 7.75. The van der Waals surface area contributed by atoms with Gasteiger partial charge in [0.05, 0.1) is 11.2 Å². The van der Waals surface area contributed by atoms with Gasteiger partial charge in [-0.15, -0.1) is 0 Å². The summed E-state index contributed by atoms with van der Waals surface area (Å²) in [5, 5.41) is 4.64. The van der Waals surface area contributed by atoms with E-state index in [0.29, 0.717) is 18.2 Å². The fraction of sp³-hybridized carbons (Fsp3) is 0.333. The number of benzene rings is 2. The van der Waals surface area contributed by atoms with Gasteiger partial charge >= 0.3 is 0 Å². The van der Waals surface area contributed by atoms with E-state index in [-0.39, 0.29) is 17.3 Å². The van der Waals surface area contributed by atoms with Crippen molar-refractivity contribution in [2.24, 2.45) is 0 Å². The molecule has 1 N–H and O–H groups in total. The van der Waals surface area contributed by atoms with Crippen molar-refractivity contribution in [1.29, 1.82) is 0 Å². The number of nitrogens with one attached hydrogen (secondary N) is 1. The second kappa shape index (κ2) is 9.60. The maximum atomic E-state index is 14.8. The van der Waals surface area contributed by atoms with Gasteiger partial charge in [0, 0.05) is 55.0 Å². The molecular weight excluding hydrogens is 451 g/mol. The Bertz CT molecular complexity index is 1450. The molecule has 4 heterocycles. The average molecular weight is 483 g/mol. The second-order valence-electron chi connectivity index (χ2n) is 10.3. The van der Waals surface area contributed by atoms with Gasteiger partial charge < -0.3 is 14.8 Å². The molecule has 184 valence electrons. The molecule has 0 bridgehead atoms. The van der Waals surface area contributed by atoms with E-state index in [1.807, 2.05) is 12.3 Å². The van der Waals surface area contributed by atoms with E-state index in [1.54, 1.807) is 22.8 Å². The lowest BCUT2D eigenvalue weighted by molar-refractivity contribution is 0.184. The zero-order valence-electron chi connectivity index (χ0n) is 20.6. The van der Waals surface area contributed by atoms with Crippen LogP contribution in [0.25, 0.3) is 22.2 Å². The second-order valence-corrected chi connectivity index (χ2v) is 10.3. The van der Waals surface area contributed by atoms with Gasteiger partial charge in [-0.05, 0) is 74.1 Å².